The van der Waals surface area contributed by atoms with Crippen molar-refractivity contribution in [1.29, 1.82) is 0 Å². The van der Waals surface area contributed by atoms with Crippen molar-refractivity contribution in [3.63, 3.8) is 0 Å². The van der Waals surface area contributed by atoms with Gasteiger partial charge in [-0.1, -0.05) is 64.4 Å². The number of hydrogen-bond acceptors (Lipinski definition) is 31. The molecular formula is C62H101N5O31. The third-order valence-electron chi connectivity index (χ3n) is 17.9. The average Bonchev–Trinajstić information content (AvgIpc) is 0.772. The number of aliphatic hydroxyl groups excluding tert-OH is 14. The first-order valence-corrected chi connectivity index (χ1v) is 33.2. The molecule has 6 aliphatic heterocycles. The lowest BCUT2D eigenvalue weighted by atomic mass is 9.93. The lowest BCUT2D eigenvalue weighted by molar-refractivity contribution is -0.368. The van der Waals surface area contributed by atoms with E-state index in [1.807, 2.05) is 0 Å². The molecular weight excluding hydrogens is 1310 g/mol. The monoisotopic (exact) mass is 1410 g/mol. The molecule has 0 aliphatic carbocycles. The Kier molecular flexibility index (Phi) is 31.3. The van der Waals surface area contributed by atoms with Gasteiger partial charge in [0.05, 0.1) is 45.7 Å². The Hall–Kier alpha value is -4.63. The fourth-order valence-corrected chi connectivity index (χ4v) is 12.7. The number of unbranched alkanes of at least 4 members (excludes halogenated alkanes) is 8. The van der Waals surface area contributed by atoms with E-state index in [1.165, 1.54) is 51.2 Å². The van der Waals surface area contributed by atoms with Gasteiger partial charge in [0.15, 0.2) is 37.7 Å². The van der Waals surface area contributed by atoms with Crippen molar-refractivity contribution >= 4 is 29.5 Å². The van der Waals surface area contributed by atoms with Gasteiger partial charge in [0.2, 0.25) is 23.6 Å². The summed E-state index contributed by atoms with van der Waals surface area (Å²) in [6.45, 7) is 3.38. The van der Waals surface area contributed by atoms with Crippen LogP contribution >= 0.6 is 0 Å². The highest BCUT2D eigenvalue weighted by atomic mass is 16.8. The highest BCUT2D eigenvalue weighted by Gasteiger charge is 2.58. The summed E-state index contributed by atoms with van der Waals surface area (Å²) in [4.78, 5) is 65.0. The summed E-state index contributed by atoms with van der Waals surface area (Å²) < 4.78 is 72.0. The van der Waals surface area contributed by atoms with E-state index in [0.717, 1.165) is 53.4 Å². The maximum Gasteiger partial charge on any atom is 0.251 e. The Morgan fingerprint density at radius 2 is 0.816 bits per heavy atom. The number of ether oxygens (including phenoxy) is 12. The predicted octanol–water partition coefficient (Wildman–Crippen LogP) is -7.15. The zero-order chi connectivity index (χ0) is 71.8. The van der Waals surface area contributed by atoms with Crippen LogP contribution < -0.4 is 31.3 Å². The van der Waals surface area contributed by atoms with E-state index in [4.69, 9.17) is 56.8 Å². The van der Waals surface area contributed by atoms with Crippen LogP contribution in [0.15, 0.2) is 24.3 Å². The SMILES string of the molecule is CCCCCCCCCCCOc1cccc(C(=O)NC2[C@H](O[C@H]3C(O)C(NC(C)=O)C(OC4C(CO)O[C@@H](O[C@H]5C(O)C(NC(C)=O)C(OC6C(CO[C@@H]7OC(C)C(O)[C@H](O)[C@H]7O)O[C@@H](O)[C@@H](NC(C)=O)[C@H]6O)O[C@H]5CO)[C@@H](NC(C)=O)[C@H]4O)O[C@H]3CO)OC(CO)[C@@H](O)[C@@H]2O)c1. The van der Waals surface area contributed by atoms with Gasteiger partial charge in [-0.25, -0.2) is 0 Å². The van der Waals surface area contributed by atoms with Crippen LogP contribution in [0, 0.1) is 0 Å². The number of amides is 5. The van der Waals surface area contributed by atoms with Crippen LogP contribution in [0.2, 0.25) is 0 Å². The van der Waals surface area contributed by atoms with Gasteiger partial charge < -0.3 is 155 Å². The average molecular weight is 1410 g/mol. The van der Waals surface area contributed by atoms with Crippen LogP contribution in [-0.4, -0.2) is 325 Å². The highest BCUT2D eigenvalue weighted by molar-refractivity contribution is 5.94. The molecule has 7 rings (SSSR count). The van der Waals surface area contributed by atoms with Crippen LogP contribution in [0.5, 0.6) is 5.75 Å². The van der Waals surface area contributed by atoms with Crippen LogP contribution in [0.3, 0.4) is 0 Å². The third-order valence-corrected chi connectivity index (χ3v) is 17.9. The van der Waals surface area contributed by atoms with Crippen LogP contribution in [0.4, 0.5) is 0 Å². The van der Waals surface area contributed by atoms with E-state index >= 15 is 0 Å². The third kappa shape index (κ3) is 20.6. The second-order valence-corrected chi connectivity index (χ2v) is 25.4. The van der Waals surface area contributed by atoms with E-state index in [0.29, 0.717) is 12.4 Å². The molecule has 1 aromatic carbocycles. The van der Waals surface area contributed by atoms with Crippen molar-refractivity contribution in [2.75, 3.05) is 39.6 Å². The van der Waals surface area contributed by atoms with E-state index < -0.39 is 246 Å². The van der Waals surface area contributed by atoms with Crippen molar-refractivity contribution in [3.05, 3.63) is 29.8 Å². The van der Waals surface area contributed by atoms with Gasteiger partial charge in [-0.05, 0) is 31.5 Å². The van der Waals surface area contributed by atoms with Crippen molar-refractivity contribution in [2.24, 2.45) is 0 Å². The van der Waals surface area contributed by atoms with Crippen LogP contribution in [0.1, 0.15) is 110 Å². The largest absolute Gasteiger partial charge is 0.494 e. The molecule has 0 aromatic heterocycles. The number of aliphatic hydroxyl groups is 14. The molecule has 0 radical (unpaired) electrons. The van der Waals surface area contributed by atoms with E-state index in [2.05, 4.69) is 33.5 Å². The summed E-state index contributed by atoms with van der Waals surface area (Å²) in [5.74, 6) is -3.68. The van der Waals surface area contributed by atoms with Gasteiger partial charge in [-0.3, -0.25) is 24.0 Å². The van der Waals surface area contributed by atoms with Crippen molar-refractivity contribution < 1.29 is 152 Å². The molecule has 6 saturated heterocycles. The molecule has 6 fully saturated rings. The summed E-state index contributed by atoms with van der Waals surface area (Å²) >= 11 is 0. The number of hydrogen-bond donors (Lipinski definition) is 19. The van der Waals surface area contributed by atoms with Crippen LogP contribution in [0.25, 0.3) is 0 Å². The van der Waals surface area contributed by atoms with Crippen molar-refractivity contribution in [2.45, 2.75) is 283 Å². The molecule has 98 heavy (non-hydrogen) atoms. The molecule has 19 N–H and O–H groups in total. The Balaban J connectivity index is 1.07. The van der Waals surface area contributed by atoms with E-state index in [1.54, 1.807) is 12.1 Å². The Bertz CT molecular complexity index is 2660. The zero-order valence-corrected chi connectivity index (χ0v) is 55.4. The summed E-state index contributed by atoms with van der Waals surface area (Å²) in [5, 5.41) is 168. The van der Waals surface area contributed by atoms with Gasteiger partial charge in [0, 0.05) is 33.3 Å². The minimum Gasteiger partial charge on any atom is -0.494 e. The second-order valence-electron chi connectivity index (χ2n) is 25.4. The van der Waals surface area contributed by atoms with Crippen molar-refractivity contribution in [3.8, 4) is 5.75 Å². The van der Waals surface area contributed by atoms with Gasteiger partial charge in [0.1, 0.15) is 146 Å². The molecule has 1 aromatic rings. The number of benzene rings is 1. The molecule has 30 atom stereocenters. The van der Waals surface area contributed by atoms with E-state index in [-0.39, 0.29) is 5.56 Å². The fourth-order valence-electron chi connectivity index (χ4n) is 12.7. The summed E-state index contributed by atoms with van der Waals surface area (Å²) in [7, 11) is 0. The predicted molar refractivity (Wildman–Crippen MR) is 329 cm³/mol. The smallest absolute Gasteiger partial charge is 0.251 e. The summed E-state index contributed by atoms with van der Waals surface area (Å²) in [6.07, 6.45) is -34.9. The molecule has 36 nitrogen and oxygen atoms in total. The number of nitrogens with one attached hydrogen (secondary N) is 5. The molecule has 36 heteroatoms. The molecule has 0 spiro atoms. The minimum absolute atomic E-state index is 0.0594. The molecule has 6 aliphatic rings. The van der Waals surface area contributed by atoms with E-state index in [9.17, 15) is 95.5 Å². The number of carbonyl (C=O) groups is 5. The standard InChI is InChI=1S/C62H101N5O31/c1-7-8-9-10-11-12-13-14-15-19-87-32-18-16-17-31(20-32)56(85)67-39-45(78)44(77)33(21-68)91-58(39)95-52-34(22-69)92-59(40(47(52)80)64-28(4)73)96-53-35(23-70)93-60(41(48(53)81)65-29(5)74)97-54-36(24-71)94-61(42(49(54)82)66-30(6)75)98-55-37(90-57(86)38(46(55)79)63-27(3)72)25-88-62-51(84)50(83)43(76)26(2)89-62/h16-18,20,26,33-55,57-62,68-71,76-84,86H,7-15,19,21-25H2,1-6H3,(H,63,72)(H,64,73)(H,65,74)(H,66,75)(H,67,85)/t26?,33?,34-,35?,36-,37?,38-,39?,40?,41-,42?,43?,44+,45+,46+,47?,48+,49?,50-,51+,52+,53?,54+,55?,57+,58-,59?,60-,61?,62+/m0/s1. The lowest BCUT2D eigenvalue weighted by Crippen LogP contribution is -2.72. The normalized spacial score (nSPS) is 39.8. The highest BCUT2D eigenvalue weighted by Crippen LogP contribution is 2.37. The molecule has 560 valence electrons. The maximum absolute atomic E-state index is 14.0. The van der Waals surface area contributed by atoms with Gasteiger partial charge in [-0.2, -0.15) is 0 Å². The Labute approximate surface area is 565 Å². The van der Waals surface area contributed by atoms with Gasteiger partial charge in [-0.15, -0.1) is 0 Å². The first-order valence-electron chi connectivity index (χ1n) is 33.2. The van der Waals surface area contributed by atoms with Gasteiger partial charge in [0.25, 0.3) is 5.91 Å². The minimum atomic E-state index is -2.07. The molecule has 14 unspecified atom stereocenters. The maximum atomic E-state index is 14.0. The van der Waals surface area contributed by atoms with Gasteiger partial charge >= 0.3 is 0 Å². The summed E-state index contributed by atoms with van der Waals surface area (Å²) in [5.41, 5.74) is 0.0594. The van der Waals surface area contributed by atoms with Crippen molar-refractivity contribution in [1.82, 2.24) is 26.6 Å². The first-order chi connectivity index (χ1) is 46.7. The lowest BCUT2D eigenvalue weighted by Gasteiger charge is -2.51. The molecule has 5 amide bonds. The number of carbonyl (C=O) groups excluding carboxylic acids is 5. The molecule has 0 bridgehead atoms. The molecule has 0 saturated carbocycles. The van der Waals surface area contributed by atoms with Crippen LogP contribution in [-0.2, 0) is 71.3 Å². The number of rotatable bonds is 32. The fraction of sp³-hybridized carbons (Fsp3) is 0.823. The summed E-state index contributed by atoms with van der Waals surface area (Å²) in [6, 6.07) is -2.45. The zero-order valence-electron chi connectivity index (χ0n) is 55.4. The quantitative estimate of drug-likeness (QED) is 0.0298. The Morgan fingerprint density at radius 1 is 0.418 bits per heavy atom. The second kappa shape index (κ2) is 38.0. The topological polar surface area (TPSA) is 539 Å². The Morgan fingerprint density at radius 3 is 1.26 bits per heavy atom. The first kappa shape index (κ1) is 80.7. The molecule has 6 heterocycles.